The molecule has 0 fully saturated rings. The van der Waals surface area contributed by atoms with Crippen LogP contribution in [0.15, 0.2) is 0 Å². The average molecular weight is 149 g/mol. The molecule has 0 saturated heterocycles. The molecule has 0 radical (unpaired) electrons. The fourth-order valence-corrected chi connectivity index (χ4v) is 0. The zero-order chi connectivity index (χ0) is 4.50. The van der Waals surface area contributed by atoms with E-state index in [1.807, 2.05) is 0 Å². The Labute approximate surface area is 38.1 Å². The molecule has 0 rings (SSSR count). The minimum atomic E-state index is -6.38. The van der Waals surface area contributed by atoms with Gasteiger partial charge in [0, 0.05) is 0 Å². The summed E-state index contributed by atoms with van der Waals surface area (Å²) in [5, 5.41) is 0. The predicted octanol–water partition coefficient (Wildman–Crippen LogP) is 0.494. The third-order valence-electron chi connectivity index (χ3n) is 0. The summed E-state index contributed by atoms with van der Waals surface area (Å²) in [6.45, 7) is 0. The summed E-state index contributed by atoms with van der Waals surface area (Å²) in [4.78, 5) is 0. The molecule has 0 aromatic heterocycles. The molecule has 0 bridgehead atoms. The van der Waals surface area contributed by atoms with Crippen LogP contribution in [-0.4, -0.2) is 8.41 Å². The van der Waals surface area contributed by atoms with Crippen LogP contribution in [0.5, 0.6) is 0 Å². The van der Waals surface area contributed by atoms with Crippen molar-refractivity contribution in [2.75, 3.05) is 0 Å². The van der Waals surface area contributed by atoms with Crippen LogP contribution in [0.2, 0.25) is 0 Å². The van der Waals surface area contributed by atoms with Crippen molar-refractivity contribution in [3.8, 4) is 0 Å². The molecule has 6 heteroatoms. The Balaban J connectivity index is 0. The first-order valence-electron chi connectivity index (χ1n) is 0.504. The van der Waals surface area contributed by atoms with E-state index in [0.29, 0.717) is 0 Å². The standard InChI is InChI=1S/BH3.Co.4FH/h1H3;;4*1H/q;+4;;;;/p-4. The molecule has 0 nitrogen and oxygen atoms in total. The topological polar surface area (TPSA) is 0 Å². The van der Waals surface area contributed by atoms with Crippen LogP contribution in [0.1, 0.15) is 0 Å². The zero-order valence-corrected chi connectivity index (χ0v) is 2.89. The van der Waals surface area contributed by atoms with E-state index in [2.05, 4.69) is 0 Å². The predicted molar refractivity (Wildman–Crippen MR) is 14.4 cm³/mol. The van der Waals surface area contributed by atoms with Gasteiger partial charge in [0.1, 0.15) is 0 Å². The first kappa shape index (κ1) is 9.57. The summed E-state index contributed by atoms with van der Waals surface area (Å²) in [6, 6.07) is 0. The number of hydrogen-bond donors (Lipinski definition) is 0. The van der Waals surface area contributed by atoms with E-state index in [0.717, 1.165) is 0 Å². The van der Waals surface area contributed by atoms with Gasteiger partial charge in [-0.25, -0.2) is 0 Å². The second kappa shape index (κ2) is 2.46. The molecule has 0 spiro atoms. The summed E-state index contributed by atoms with van der Waals surface area (Å²) in [7, 11) is 0. The van der Waals surface area contributed by atoms with Crippen molar-refractivity contribution < 1.29 is 28.7 Å². The quantitative estimate of drug-likeness (QED) is 0.347. The van der Waals surface area contributed by atoms with Crippen molar-refractivity contribution in [2.45, 2.75) is 0 Å². The molecule has 0 aromatic carbocycles. The van der Waals surface area contributed by atoms with Crippen molar-refractivity contribution >= 4 is 8.41 Å². The van der Waals surface area contributed by atoms with Crippen LogP contribution in [0.3, 0.4) is 0 Å². The van der Waals surface area contributed by atoms with Gasteiger partial charge in [-0.15, -0.1) is 0 Å². The van der Waals surface area contributed by atoms with Gasteiger partial charge >= 0.3 is 28.7 Å². The van der Waals surface area contributed by atoms with Crippen molar-refractivity contribution in [1.29, 1.82) is 0 Å². The van der Waals surface area contributed by atoms with Crippen molar-refractivity contribution in [3.05, 3.63) is 0 Å². The van der Waals surface area contributed by atoms with Crippen LogP contribution in [0.25, 0.3) is 0 Å². The second-order valence-corrected chi connectivity index (χ2v) is 1.18. The fourth-order valence-electron chi connectivity index (χ4n) is 0. The van der Waals surface area contributed by atoms with Crippen LogP contribution in [-0.2, 0) is 14.4 Å². The van der Waals surface area contributed by atoms with Gasteiger partial charge in [0.2, 0.25) is 0 Å². The first-order valence-corrected chi connectivity index (χ1v) is 2.08. The molecule has 0 aliphatic carbocycles. The summed E-state index contributed by atoms with van der Waals surface area (Å²) in [6.07, 6.45) is 0. The van der Waals surface area contributed by atoms with Gasteiger partial charge in [0.25, 0.3) is 0 Å². The molecule has 0 unspecified atom stereocenters. The molecule has 43 valence electrons. The van der Waals surface area contributed by atoms with Crippen molar-refractivity contribution in [3.63, 3.8) is 0 Å². The van der Waals surface area contributed by atoms with E-state index < -0.39 is 14.4 Å². The Morgan fingerprint density at radius 2 is 0.833 bits per heavy atom. The number of rotatable bonds is 0. The van der Waals surface area contributed by atoms with E-state index in [4.69, 9.17) is 0 Å². The monoisotopic (exact) mass is 149 g/mol. The SMILES string of the molecule is B.[F][Co]([F])([F])[F]. The summed E-state index contributed by atoms with van der Waals surface area (Å²) < 4.78 is 39.2. The molecule has 6 heavy (non-hydrogen) atoms. The van der Waals surface area contributed by atoms with Crippen LogP contribution in [0, 0.1) is 0 Å². The van der Waals surface area contributed by atoms with Gasteiger partial charge in [-0.2, -0.15) is 0 Å². The Bertz CT molecular complexity index is 23.0. The maximum absolute atomic E-state index is 9.80. The normalized spacial score (nSPS) is 12.7. The average Bonchev–Trinajstić information content (AvgIpc) is 0.722. The minimum absolute atomic E-state index is 0. The number of halogens is 4. The Hall–Kier alpha value is 0.291. The first-order chi connectivity index (χ1) is 2.00. The maximum atomic E-state index is 9.80. The Morgan fingerprint density at radius 3 is 0.833 bits per heavy atom. The van der Waals surface area contributed by atoms with Gasteiger partial charge in [0.05, 0.1) is 8.41 Å². The van der Waals surface area contributed by atoms with Crippen molar-refractivity contribution in [1.82, 2.24) is 0 Å². The molecule has 0 aliphatic heterocycles. The van der Waals surface area contributed by atoms with Gasteiger partial charge in [-0.1, -0.05) is 0 Å². The number of hydrogen-bond acceptors (Lipinski definition) is 0. The summed E-state index contributed by atoms with van der Waals surface area (Å²) >= 11 is -6.38. The molecule has 0 heterocycles. The van der Waals surface area contributed by atoms with Gasteiger partial charge in [-0.05, 0) is 0 Å². The fraction of sp³-hybridized carbons (Fsp3) is 0. The molecule has 0 aromatic rings. The zero-order valence-electron chi connectivity index (χ0n) is 1.85. The third-order valence-corrected chi connectivity index (χ3v) is 0. The Kier molecular flexibility index (Phi) is 3.92. The third kappa shape index (κ3) is 547. The molecular weight excluding hydrogens is 146 g/mol. The molecular formula is H3BCoF4. The van der Waals surface area contributed by atoms with E-state index >= 15 is 0 Å². The van der Waals surface area contributed by atoms with E-state index in [1.54, 1.807) is 0 Å². The van der Waals surface area contributed by atoms with Gasteiger partial charge in [0.15, 0.2) is 0 Å². The van der Waals surface area contributed by atoms with E-state index in [9.17, 15) is 14.3 Å². The van der Waals surface area contributed by atoms with Crippen LogP contribution < -0.4 is 0 Å². The van der Waals surface area contributed by atoms with Gasteiger partial charge in [-0.3, -0.25) is 0 Å². The Morgan fingerprint density at radius 1 is 0.833 bits per heavy atom. The molecule has 0 amide bonds. The summed E-state index contributed by atoms with van der Waals surface area (Å²) in [5.41, 5.74) is 0. The summed E-state index contributed by atoms with van der Waals surface area (Å²) in [5.74, 6) is 0. The van der Waals surface area contributed by atoms with Crippen LogP contribution >= 0.6 is 0 Å². The van der Waals surface area contributed by atoms with Gasteiger partial charge < -0.3 is 0 Å². The van der Waals surface area contributed by atoms with E-state index in [-0.39, 0.29) is 8.41 Å². The van der Waals surface area contributed by atoms with Crippen molar-refractivity contribution in [2.24, 2.45) is 0 Å². The molecule has 0 atom stereocenters. The van der Waals surface area contributed by atoms with E-state index in [1.165, 1.54) is 0 Å². The second-order valence-electron chi connectivity index (χ2n) is 0.286. The molecule has 0 aliphatic rings. The van der Waals surface area contributed by atoms with Crippen LogP contribution in [0.4, 0.5) is 14.3 Å². The molecule has 0 saturated carbocycles. The molecule has 0 N–H and O–H groups in total.